The molecule has 1 unspecified atom stereocenters. The first-order valence-corrected chi connectivity index (χ1v) is 13.3. The lowest BCUT2D eigenvalue weighted by atomic mass is 10.0. The van der Waals surface area contributed by atoms with Gasteiger partial charge in [-0.15, -0.1) is 0 Å². The van der Waals surface area contributed by atoms with Gasteiger partial charge in [0.25, 0.3) is 0 Å². The molecule has 28 heavy (non-hydrogen) atoms. The quantitative estimate of drug-likeness (QED) is 0.159. The number of unbranched alkanes of at least 4 members (excludes halogenated alkanes) is 8. The van der Waals surface area contributed by atoms with Gasteiger partial charge in [-0.2, -0.15) is 0 Å². The van der Waals surface area contributed by atoms with E-state index in [2.05, 4.69) is 18.8 Å². The van der Waals surface area contributed by atoms with Crippen LogP contribution in [0, 0.1) is 0 Å². The van der Waals surface area contributed by atoms with Crippen LogP contribution in [0.15, 0.2) is 12.7 Å². The normalized spacial score (nSPS) is 12.7. The average molecular weight is 416 g/mol. The average Bonchev–Trinajstić information content (AvgIpc) is 2.66. The molecule has 0 aromatic rings. The van der Waals surface area contributed by atoms with E-state index in [0.29, 0.717) is 19.8 Å². The van der Waals surface area contributed by atoms with E-state index in [1.54, 1.807) is 0 Å². The topological polar surface area (TPSA) is 56.8 Å². The van der Waals surface area contributed by atoms with Crippen molar-refractivity contribution in [1.82, 2.24) is 5.32 Å². The van der Waals surface area contributed by atoms with E-state index >= 15 is 0 Å². The van der Waals surface area contributed by atoms with Crippen LogP contribution in [-0.4, -0.2) is 40.6 Å². The molecule has 166 valence electrons. The Morgan fingerprint density at radius 3 is 1.71 bits per heavy atom. The minimum atomic E-state index is -2.44. The Morgan fingerprint density at radius 2 is 1.29 bits per heavy atom. The van der Waals surface area contributed by atoms with E-state index in [-0.39, 0.29) is 11.9 Å². The van der Waals surface area contributed by atoms with Gasteiger partial charge in [0.1, 0.15) is 0 Å². The van der Waals surface area contributed by atoms with Gasteiger partial charge in [0.05, 0.1) is 0 Å². The summed E-state index contributed by atoms with van der Waals surface area (Å²) in [5.74, 6) is -0.0730. The van der Waals surface area contributed by atoms with Gasteiger partial charge in [-0.1, -0.05) is 57.9 Å². The third kappa shape index (κ3) is 14.3. The molecule has 0 saturated heterocycles. The lowest BCUT2D eigenvalue weighted by Crippen LogP contribution is -2.45. The van der Waals surface area contributed by atoms with Gasteiger partial charge in [0, 0.05) is 31.9 Å². The zero-order valence-electron chi connectivity index (χ0n) is 18.9. The number of nitrogens with one attached hydrogen (secondary N) is 1. The van der Waals surface area contributed by atoms with Gasteiger partial charge >= 0.3 is 8.80 Å². The fourth-order valence-corrected chi connectivity index (χ4v) is 6.09. The predicted octanol–water partition coefficient (Wildman–Crippen LogP) is 5.63. The predicted molar refractivity (Wildman–Crippen MR) is 119 cm³/mol. The van der Waals surface area contributed by atoms with Crippen molar-refractivity contribution in [2.75, 3.05) is 19.8 Å². The molecular weight excluding hydrogens is 370 g/mol. The maximum atomic E-state index is 11.2. The molecule has 1 atom stereocenters. The largest absolute Gasteiger partial charge is 0.500 e. The number of carbonyl (C=O) groups excluding carboxylic acids is 1. The van der Waals surface area contributed by atoms with Gasteiger partial charge in [0.15, 0.2) is 0 Å². The Labute approximate surface area is 175 Å². The van der Waals surface area contributed by atoms with E-state index < -0.39 is 8.80 Å². The minimum Gasteiger partial charge on any atom is -0.374 e. The van der Waals surface area contributed by atoms with Crippen LogP contribution >= 0.6 is 0 Å². The molecule has 0 fully saturated rings. The summed E-state index contributed by atoms with van der Waals surface area (Å²) < 4.78 is 17.7. The van der Waals surface area contributed by atoms with Crippen LogP contribution in [-0.2, 0) is 18.1 Å². The molecule has 0 rings (SSSR count). The zero-order chi connectivity index (χ0) is 21.1. The van der Waals surface area contributed by atoms with Crippen LogP contribution in [0.2, 0.25) is 6.04 Å². The first kappa shape index (κ1) is 27.3. The van der Waals surface area contributed by atoms with E-state index in [1.165, 1.54) is 57.4 Å². The molecule has 0 aromatic heterocycles. The smallest absolute Gasteiger partial charge is 0.374 e. The second-order valence-electron chi connectivity index (χ2n) is 7.32. The Balaban J connectivity index is 3.65. The fraction of sp³-hybridized carbons (Fsp3) is 0.864. The molecule has 1 N–H and O–H groups in total. The molecule has 0 heterocycles. The maximum absolute atomic E-state index is 11.2. The van der Waals surface area contributed by atoms with Crippen molar-refractivity contribution in [1.29, 1.82) is 0 Å². The van der Waals surface area contributed by atoms with Crippen molar-refractivity contribution < 1.29 is 18.1 Å². The van der Waals surface area contributed by atoms with Gasteiger partial charge in [-0.25, -0.2) is 0 Å². The van der Waals surface area contributed by atoms with Crippen molar-refractivity contribution in [3.8, 4) is 0 Å². The molecule has 0 saturated carbocycles. The SMILES string of the molecule is C=CC(=O)NC(C)CCCCCCCCCCC[Si](OCC)(OCC)OCC. The third-order valence-corrected chi connectivity index (χ3v) is 7.94. The van der Waals surface area contributed by atoms with Crippen molar-refractivity contribution >= 4 is 14.7 Å². The van der Waals surface area contributed by atoms with Crippen molar-refractivity contribution in [2.45, 2.75) is 104 Å². The van der Waals surface area contributed by atoms with Crippen molar-refractivity contribution in [3.05, 3.63) is 12.7 Å². The summed E-state index contributed by atoms with van der Waals surface area (Å²) in [6, 6.07) is 1.18. The van der Waals surface area contributed by atoms with Crippen LogP contribution in [0.4, 0.5) is 0 Å². The summed E-state index contributed by atoms with van der Waals surface area (Å²) in [6.45, 7) is 13.5. The van der Waals surface area contributed by atoms with Crippen LogP contribution in [0.25, 0.3) is 0 Å². The Bertz CT molecular complexity index is 376. The lowest BCUT2D eigenvalue weighted by molar-refractivity contribution is -0.117. The molecule has 0 radical (unpaired) electrons. The molecule has 6 heteroatoms. The number of rotatable bonds is 20. The Morgan fingerprint density at radius 1 is 0.857 bits per heavy atom. The van der Waals surface area contributed by atoms with Gasteiger partial charge in [0.2, 0.25) is 5.91 Å². The fourth-order valence-electron chi connectivity index (χ4n) is 3.40. The Hall–Kier alpha value is -0.693. The first-order chi connectivity index (χ1) is 13.5. The van der Waals surface area contributed by atoms with Gasteiger partial charge in [-0.05, 0) is 46.6 Å². The zero-order valence-corrected chi connectivity index (χ0v) is 19.9. The molecular formula is C22H45NO4Si. The van der Waals surface area contributed by atoms with E-state index in [0.717, 1.165) is 18.9 Å². The second-order valence-corrected chi connectivity index (χ2v) is 10.0. The summed E-state index contributed by atoms with van der Waals surface area (Å²) in [5.41, 5.74) is 0. The van der Waals surface area contributed by atoms with E-state index in [1.807, 2.05) is 20.8 Å². The van der Waals surface area contributed by atoms with Crippen LogP contribution in [0.3, 0.4) is 0 Å². The van der Waals surface area contributed by atoms with E-state index in [4.69, 9.17) is 13.3 Å². The van der Waals surface area contributed by atoms with E-state index in [9.17, 15) is 4.79 Å². The van der Waals surface area contributed by atoms with Crippen LogP contribution in [0.1, 0.15) is 91.9 Å². The number of hydrogen-bond donors (Lipinski definition) is 1. The summed E-state index contributed by atoms with van der Waals surface area (Å²) >= 11 is 0. The molecule has 5 nitrogen and oxygen atoms in total. The van der Waals surface area contributed by atoms with Crippen molar-refractivity contribution in [2.24, 2.45) is 0 Å². The summed E-state index contributed by atoms with van der Waals surface area (Å²) in [5, 5.41) is 2.91. The highest BCUT2D eigenvalue weighted by molar-refractivity contribution is 6.60. The standard InChI is InChI=1S/C22H45NO4Si/c1-6-22(24)23-21(5)19-17-15-13-11-10-12-14-16-18-20-28(25-7-2,26-8-3)27-9-4/h6,21H,1,7-20H2,2-5H3,(H,23,24). The molecule has 0 spiro atoms. The number of carbonyl (C=O) groups is 1. The Kier molecular flexibility index (Phi) is 17.9. The highest BCUT2D eigenvalue weighted by Gasteiger charge is 2.39. The first-order valence-electron chi connectivity index (χ1n) is 11.4. The summed E-state index contributed by atoms with van der Waals surface area (Å²) in [6.07, 6.45) is 13.7. The summed E-state index contributed by atoms with van der Waals surface area (Å²) in [4.78, 5) is 11.2. The lowest BCUT2D eigenvalue weighted by Gasteiger charge is -2.28. The highest BCUT2D eigenvalue weighted by Crippen LogP contribution is 2.21. The maximum Gasteiger partial charge on any atom is 0.500 e. The second kappa shape index (κ2) is 18.3. The monoisotopic (exact) mass is 415 g/mol. The minimum absolute atomic E-state index is 0.0730. The number of amides is 1. The molecule has 0 bridgehead atoms. The van der Waals surface area contributed by atoms with Crippen LogP contribution < -0.4 is 5.32 Å². The molecule has 0 aliphatic rings. The molecule has 1 amide bonds. The van der Waals surface area contributed by atoms with Crippen molar-refractivity contribution in [3.63, 3.8) is 0 Å². The highest BCUT2D eigenvalue weighted by atomic mass is 28.4. The molecule has 0 aromatic carbocycles. The third-order valence-electron chi connectivity index (χ3n) is 4.79. The molecule has 0 aliphatic carbocycles. The molecule has 0 aliphatic heterocycles. The number of hydrogen-bond acceptors (Lipinski definition) is 4. The van der Waals surface area contributed by atoms with Gasteiger partial charge in [-0.3, -0.25) is 4.79 Å². The van der Waals surface area contributed by atoms with Gasteiger partial charge < -0.3 is 18.6 Å². The van der Waals surface area contributed by atoms with Crippen LogP contribution in [0.5, 0.6) is 0 Å². The summed E-state index contributed by atoms with van der Waals surface area (Å²) in [7, 11) is -2.44.